The van der Waals surface area contributed by atoms with Crippen molar-refractivity contribution < 1.29 is 9.53 Å². The van der Waals surface area contributed by atoms with Crippen molar-refractivity contribution in [3.8, 4) is 0 Å². The third-order valence-corrected chi connectivity index (χ3v) is 4.13. The van der Waals surface area contributed by atoms with Gasteiger partial charge in [-0.3, -0.25) is 4.79 Å². The molecule has 1 aliphatic rings. The quantitative estimate of drug-likeness (QED) is 0.929. The topological polar surface area (TPSA) is 56.1 Å². The first-order chi connectivity index (χ1) is 9.25. The molecular weight excluding hydrogens is 262 g/mol. The van der Waals surface area contributed by atoms with Gasteiger partial charge in [-0.05, 0) is 17.9 Å². The van der Waals surface area contributed by atoms with E-state index in [0.29, 0.717) is 6.61 Å². The maximum atomic E-state index is 12.1. The summed E-state index contributed by atoms with van der Waals surface area (Å²) < 4.78 is 7.65. The average Bonchev–Trinajstić information content (AvgIpc) is 3.09. The van der Waals surface area contributed by atoms with Gasteiger partial charge in [0.15, 0.2) is 0 Å². The van der Waals surface area contributed by atoms with E-state index in [-0.39, 0.29) is 18.1 Å². The highest BCUT2D eigenvalue weighted by Gasteiger charge is 2.33. The normalized spacial score (nSPS) is 22.6. The number of nitrogens with one attached hydrogen (secondary N) is 1. The zero-order valence-electron chi connectivity index (χ0n) is 10.6. The van der Waals surface area contributed by atoms with Gasteiger partial charge in [-0.25, -0.2) is 4.98 Å². The van der Waals surface area contributed by atoms with Crippen molar-refractivity contribution >= 4 is 17.2 Å². The van der Waals surface area contributed by atoms with Crippen LogP contribution in [0.25, 0.3) is 0 Å². The minimum atomic E-state index is -0.163. The third-order valence-electron chi connectivity index (χ3n) is 3.27. The van der Waals surface area contributed by atoms with Crippen LogP contribution >= 0.6 is 11.3 Å². The van der Waals surface area contributed by atoms with E-state index in [4.69, 9.17) is 4.74 Å². The van der Waals surface area contributed by atoms with Crippen LogP contribution in [0.3, 0.4) is 0 Å². The molecule has 100 valence electrons. The number of ether oxygens (including phenoxy) is 1. The molecule has 1 fully saturated rings. The Labute approximate surface area is 115 Å². The summed E-state index contributed by atoms with van der Waals surface area (Å²) in [6.07, 6.45) is 4.28. The molecule has 1 aliphatic heterocycles. The molecule has 0 bridgehead atoms. The van der Waals surface area contributed by atoms with E-state index in [1.807, 2.05) is 35.3 Å². The van der Waals surface area contributed by atoms with Crippen LogP contribution in [-0.2, 0) is 11.8 Å². The number of hydrogen-bond donors (Lipinski definition) is 1. The first kappa shape index (κ1) is 12.4. The van der Waals surface area contributed by atoms with Crippen molar-refractivity contribution in [2.75, 3.05) is 6.61 Å². The number of thiophene rings is 1. The van der Waals surface area contributed by atoms with Crippen LogP contribution in [0.1, 0.15) is 28.0 Å². The predicted octanol–water partition coefficient (Wildman–Crippen LogP) is 1.74. The molecule has 6 heteroatoms. The summed E-state index contributed by atoms with van der Waals surface area (Å²) in [5.41, 5.74) is 0. The number of aryl methyl sites for hydroxylation is 1. The van der Waals surface area contributed by atoms with Gasteiger partial charge in [0.25, 0.3) is 5.91 Å². The van der Waals surface area contributed by atoms with E-state index in [0.717, 1.165) is 17.1 Å². The summed E-state index contributed by atoms with van der Waals surface area (Å²) in [5, 5.41) is 4.94. The van der Waals surface area contributed by atoms with Crippen LogP contribution < -0.4 is 5.32 Å². The number of amides is 1. The first-order valence-corrected chi connectivity index (χ1v) is 7.07. The number of rotatable bonds is 3. The summed E-state index contributed by atoms with van der Waals surface area (Å²) in [7, 11) is 1.93. The van der Waals surface area contributed by atoms with Gasteiger partial charge in [-0.15, -0.1) is 11.3 Å². The molecule has 2 atom stereocenters. The third kappa shape index (κ3) is 2.41. The zero-order valence-corrected chi connectivity index (χ0v) is 11.4. The second kappa shape index (κ2) is 5.14. The van der Waals surface area contributed by atoms with Crippen molar-refractivity contribution in [3.63, 3.8) is 0 Å². The van der Waals surface area contributed by atoms with E-state index < -0.39 is 0 Å². The highest BCUT2D eigenvalue weighted by Crippen LogP contribution is 2.28. The number of aromatic nitrogens is 2. The average molecular weight is 277 g/mol. The van der Waals surface area contributed by atoms with Gasteiger partial charge < -0.3 is 14.6 Å². The van der Waals surface area contributed by atoms with E-state index in [9.17, 15) is 4.79 Å². The van der Waals surface area contributed by atoms with Gasteiger partial charge in [0, 0.05) is 26.0 Å². The van der Waals surface area contributed by atoms with Crippen molar-refractivity contribution in [1.82, 2.24) is 14.9 Å². The maximum absolute atomic E-state index is 12.1. The molecule has 1 saturated heterocycles. The van der Waals surface area contributed by atoms with E-state index in [1.54, 1.807) is 6.20 Å². The number of carbonyl (C=O) groups is 1. The Balaban J connectivity index is 1.74. The molecule has 1 N–H and O–H groups in total. The molecule has 19 heavy (non-hydrogen) atoms. The van der Waals surface area contributed by atoms with Gasteiger partial charge in [-0.1, -0.05) is 6.07 Å². The molecular formula is C13H15N3O2S. The van der Waals surface area contributed by atoms with Crippen LogP contribution in [0, 0.1) is 0 Å². The zero-order chi connectivity index (χ0) is 13.2. The Morgan fingerprint density at radius 3 is 3.21 bits per heavy atom. The molecule has 2 aromatic heterocycles. The summed E-state index contributed by atoms with van der Waals surface area (Å²) in [5.74, 6) is 0.818. The fraction of sp³-hybridized carbons (Fsp3) is 0.385. The SMILES string of the molecule is Cn1ccnc1[C@H]1OCC[C@@H]1NC(=O)c1cccs1. The fourth-order valence-electron chi connectivity index (χ4n) is 2.29. The van der Waals surface area contributed by atoms with Crippen LogP contribution in [0.15, 0.2) is 29.9 Å². The lowest BCUT2D eigenvalue weighted by Crippen LogP contribution is -2.37. The molecule has 0 saturated carbocycles. The fourth-order valence-corrected chi connectivity index (χ4v) is 2.92. The number of hydrogen-bond acceptors (Lipinski definition) is 4. The Bertz CT molecular complexity index is 564. The molecule has 3 heterocycles. The Morgan fingerprint density at radius 1 is 1.63 bits per heavy atom. The van der Waals surface area contributed by atoms with Crippen LogP contribution in [0.2, 0.25) is 0 Å². The molecule has 3 rings (SSSR count). The lowest BCUT2D eigenvalue weighted by Gasteiger charge is -2.19. The van der Waals surface area contributed by atoms with Crippen LogP contribution in [-0.4, -0.2) is 28.1 Å². The van der Waals surface area contributed by atoms with Crippen molar-refractivity contribution in [2.24, 2.45) is 7.05 Å². The Kier molecular flexibility index (Phi) is 3.35. The van der Waals surface area contributed by atoms with Crippen molar-refractivity contribution in [1.29, 1.82) is 0 Å². The predicted molar refractivity (Wildman–Crippen MR) is 72.1 cm³/mol. The second-order valence-corrected chi connectivity index (χ2v) is 5.48. The maximum Gasteiger partial charge on any atom is 0.261 e. The van der Waals surface area contributed by atoms with Gasteiger partial charge in [0.1, 0.15) is 11.9 Å². The molecule has 2 aromatic rings. The molecule has 5 nitrogen and oxygen atoms in total. The molecule has 0 radical (unpaired) electrons. The Hall–Kier alpha value is -1.66. The van der Waals surface area contributed by atoms with Gasteiger partial charge in [-0.2, -0.15) is 0 Å². The highest BCUT2D eigenvalue weighted by atomic mass is 32.1. The lowest BCUT2D eigenvalue weighted by molar-refractivity contribution is 0.0781. The Morgan fingerprint density at radius 2 is 2.53 bits per heavy atom. The standard InChI is InChI=1S/C13H15N3O2S/c1-16-6-5-14-12(16)11-9(4-7-18-11)15-13(17)10-3-2-8-19-10/h2-3,5-6,8-9,11H,4,7H2,1H3,(H,15,17)/t9-,11-/m0/s1. The lowest BCUT2D eigenvalue weighted by atomic mass is 10.1. The van der Waals surface area contributed by atoms with Gasteiger partial charge in [0.05, 0.1) is 10.9 Å². The van der Waals surface area contributed by atoms with Crippen molar-refractivity contribution in [2.45, 2.75) is 18.6 Å². The summed E-state index contributed by atoms with van der Waals surface area (Å²) in [4.78, 5) is 17.1. The minimum absolute atomic E-state index is 0.0179. The van der Waals surface area contributed by atoms with E-state index >= 15 is 0 Å². The number of carbonyl (C=O) groups excluding carboxylic acids is 1. The molecule has 1 amide bonds. The number of imidazole rings is 1. The summed E-state index contributed by atoms with van der Waals surface area (Å²) in [6.45, 7) is 0.646. The van der Waals surface area contributed by atoms with E-state index in [1.165, 1.54) is 11.3 Å². The highest BCUT2D eigenvalue weighted by molar-refractivity contribution is 7.12. The molecule has 0 aliphatic carbocycles. The monoisotopic (exact) mass is 277 g/mol. The van der Waals surface area contributed by atoms with Crippen molar-refractivity contribution in [3.05, 3.63) is 40.6 Å². The molecule has 0 spiro atoms. The summed E-state index contributed by atoms with van der Waals surface area (Å²) >= 11 is 1.44. The van der Waals surface area contributed by atoms with Gasteiger partial charge in [0.2, 0.25) is 0 Å². The minimum Gasteiger partial charge on any atom is -0.368 e. The molecule has 0 unspecified atom stereocenters. The second-order valence-electron chi connectivity index (χ2n) is 4.53. The molecule has 0 aromatic carbocycles. The van der Waals surface area contributed by atoms with Crippen LogP contribution in [0.4, 0.5) is 0 Å². The largest absolute Gasteiger partial charge is 0.368 e. The summed E-state index contributed by atoms with van der Waals surface area (Å²) in [6, 6.07) is 3.68. The van der Waals surface area contributed by atoms with Gasteiger partial charge >= 0.3 is 0 Å². The first-order valence-electron chi connectivity index (χ1n) is 6.19. The number of nitrogens with zero attached hydrogens (tertiary/aromatic N) is 2. The van der Waals surface area contributed by atoms with E-state index in [2.05, 4.69) is 10.3 Å². The smallest absolute Gasteiger partial charge is 0.261 e. The van der Waals surface area contributed by atoms with Crippen LogP contribution in [0.5, 0.6) is 0 Å².